The summed E-state index contributed by atoms with van der Waals surface area (Å²) in [6.07, 6.45) is 5.45. The molecule has 1 saturated carbocycles. The van der Waals surface area contributed by atoms with E-state index in [2.05, 4.69) is 4.98 Å². The fourth-order valence-electron chi connectivity index (χ4n) is 3.40. The molecule has 0 N–H and O–H groups in total. The third kappa shape index (κ3) is 3.72. The first-order valence-electron chi connectivity index (χ1n) is 8.89. The number of para-hydroxylation sites is 1. The first-order valence-corrected chi connectivity index (χ1v) is 10.0. The van der Waals surface area contributed by atoms with E-state index in [0.29, 0.717) is 27.4 Å². The Labute approximate surface area is 179 Å². The highest BCUT2D eigenvalue weighted by molar-refractivity contribution is 6.33. The molecule has 1 fully saturated rings. The summed E-state index contributed by atoms with van der Waals surface area (Å²) >= 11 is 18.7. The predicted octanol–water partition coefficient (Wildman–Crippen LogP) is 6.92. The molecule has 0 atom stereocenters. The average Bonchev–Trinajstić information content (AvgIpc) is 3.49. The van der Waals surface area contributed by atoms with Gasteiger partial charge in [0, 0.05) is 33.6 Å². The predicted molar refractivity (Wildman–Crippen MR) is 113 cm³/mol. The second kappa shape index (κ2) is 7.92. The normalized spacial score (nSPS) is 14.7. The maximum atomic E-state index is 6.36. The van der Waals surface area contributed by atoms with Crippen molar-refractivity contribution in [3.05, 3.63) is 81.1 Å². The molecule has 0 spiro atoms. The lowest BCUT2D eigenvalue weighted by Gasteiger charge is -2.22. The lowest BCUT2D eigenvalue weighted by molar-refractivity contribution is 0.0174. The SMILES string of the molecule is COc1c(Cl)cccc1-c1ccncc1C1(OCc2cc(Cl)ccc2Cl)CC1. The molecule has 1 aromatic heterocycles. The average molecular weight is 435 g/mol. The molecule has 2 aromatic carbocycles. The Morgan fingerprint density at radius 2 is 1.82 bits per heavy atom. The number of pyridine rings is 1. The van der Waals surface area contributed by atoms with Crippen LogP contribution in [0.25, 0.3) is 11.1 Å². The van der Waals surface area contributed by atoms with Gasteiger partial charge in [-0.2, -0.15) is 0 Å². The summed E-state index contributed by atoms with van der Waals surface area (Å²) in [6.45, 7) is 0.375. The van der Waals surface area contributed by atoms with Gasteiger partial charge in [0.05, 0.1) is 24.3 Å². The van der Waals surface area contributed by atoms with Gasteiger partial charge in [-0.15, -0.1) is 0 Å². The Hall–Kier alpha value is -1.78. The summed E-state index contributed by atoms with van der Waals surface area (Å²) in [5, 5.41) is 1.85. The van der Waals surface area contributed by atoms with Crippen LogP contribution in [-0.4, -0.2) is 12.1 Å². The number of benzene rings is 2. The van der Waals surface area contributed by atoms with E-state index in [1.165, 1.54) is 0 Å². The van der Waals surface area contributed by atoms with Crippen molar-refractivity contribution in [3.8, 4) is 16.9 Å². The number of rotatable bonds is 6. The zero-order valence-electron chi connectivity index (χ0n) is 15.2. The van der Waals surface area contributed by atoms with Gasteiger partial charge in [0.15, 0.2) is 0 Å². The van der Waals surface area contributed by atoms with Crippen molar-refractivity contribution in [2.45, 2.75) is 25.0 Å². The van der Waals surface area contributed by atoms with Gasteiger partial charge in [0.1, 0.15) is 5.75 Å². The number of hydrogen-bond acceptors (Lipinski definition) is 3. The van der Waals surface area contributed by atoms with Crippen LogP contribution in [0.3, 0.4) is 0 Å². The van der Waals surface area contributed by atoms with E-state index in [9.17, 15) is 0 Å². The van der Waals surface area contributed by atoms with Crippen molar-refractivity contribution in [2.75, 3.05) is 7.11 Å². The van der Waals surface area contributed by atoms with Gasteiger partial charge in [-0.05, 0) is 54.3 Å². The van der Waals surface area contributed by atoms with E-state index in [4.69, 9.17) is 44.3 Å². The Kier molecular flexibility index (Phi) is 5.52. The smallest absolute Gasteiger partial charge is 0.145 e. The quantitative estimate of drug-likeness (QED) is 0.422. The minimum atomic E-state index is -0.400. The van der Waals surface area contributed by atoms with Gasteiger partial charge in [0.25, 0.3) is 0 Å². The van der Waals surface area contributed by atoms with E-state index in [-0.39, 0.29) is 0 Å². The van der Waals surface area contributed by atoms with Crippen LogP contribution in [0.4, 0.5) is 0 Å². The van der Waals surface area contributed by atoms with Crippen LogP contribution in [-0.2, 0) is 16.9 Å². The summed E-state index contributed by atoms with van der Waals surface area (Å²) in [4.78, 5) is 4.34. The molecule has 144 valence electrons. The van der Waals surface area contributed by atoms with E-state index < -0.39 is 5.60 Å². The first-order chi connectivity index (χ1) is 13.5. The van der Waals surface area contributed by atoms with Gasteiger partial charge in [-0.25, -0.2) is 0 Å². The summed E-state index contributed by atoms with van der Waals surface area (Å²) in [7, 11) is 1.62. The molecule has 4 rings (SSSR count). The summed E-state index contributed by atoms with van der Waals surface area (Å²) in [6, 6.07) is 13.1. The van der Waals surface area contributed by atoms with Gasteiger partial charge in [0.2, 0.25) is 0 Å². The molecule has 3 aromatic rings. The van der Waals surface area contributed by atoms with Crippen molar-refractivity contribution in [2.24, 2.45) is 0 Å². The number of ether oxygens (including phenoxy) is 2. The van der Waals surface area contributed by atoms with Gasteiger partial charge >= 0.3 is 0 Å². The first kappa shape index (κ1) is 19.5. The van der Waals surface area contributed by atoms with Gasteiger partial charge in [-0.1, -0.05) is 46.9 Å². The zero-order chi connectivity index (χ0) is 19.7. The van der Waals surface area contributed by atoms with E-state index in [1.807, 2.05) is 36.5 Å². The minimum Gasteiger partial charge on any atom is -0.495 e. The molecular weight excluding hydrogens is 417 g/mol. The molecule has 0 aliphatic heterocycles. The molecule has 6 heteroatoms. The maximum absolute atomic E-state index is 6.36. The lowest BCUT2D eigenvalue weighted by Crippen LogP contribution is -2.14. The van der Waals surface area contributed by atoms with Crippen LogP contribution in [0.2, 0.25) is 15.1 Å². The van der Waals surface area contributed by atoms with Crippen molar-refractivity contribution in [3.63, 3.8) is 0 Å². The molecule has 0 unspecified atom stereocenters. The van der Waals surface area contributed by atoms with Crippen molar-refractivity contribution >= 4 is 34.8 Å². The molecule has 0 radical (unpaired) electrons. The van der Waals surface area contributed by atoms with Crippen molar-refractivity contribution < 1.29 is 9.47 Å². The Morgan fingerprint density at radius 3 is 2.57 bits per heavy atom. The second-order valence-electron chi connectivity index (χ2n) is 6.76. The fraction of sp³-hybridized carbons (Fsp3) is 0.227. The van der Waals surface area contributed by atoms with Crippen LogP contribution in [0.15, 0.2) is 54.9 Å². The fourth-order valence-corrected chi connectivity index (χ4v) is 4.01. The molecule has 0 amide bonds. The largest absolute Gasteiger partial charge is 0.495 e. The molecular formula is C22H18Cl3NO2. The third-order valence-electron chi connectivity index (χ3n) is 4.99. The number of halogens is 3. The van der Waals surface area contributed by atoms with Crippen LogP contribution < -0.4 is 4.74 Å². The van der Waals surface area contributed by atoms with Gasteiger partial charge < -0.3 is 9.47 Å². The second-order valence-corrected chi connectivity index (χ2v) is 8.01. The molecule has 0 bridgehead atoms. The molecule has 0 saturated heterocycles. The summed E-state index contributed by atoms with van der Waals surface area (Å²) in [5.41, 5.74) is 3.41. The van der Waals surface area contributed by atoms with Crippen molar-refractivity contribution in [1.82, 2.24) is 4.98 Å². The molecule has 1 aliphatic rings. The third-order valence-corrected chi connectivity index (χ3v) is 5.89. The van der Waals surface area contributed by atoms with Crippen LogP contribution in [0, 0.1) is 0 Å². The van der Waals surface area contributed by atoms with Crippen molar-refractivity contribution in [1.29, 1.82) is 0 Å². The maximum Gasteiger partial charge on any atom is 0.145 e. The molecule has 1 heterocycles. The lowest BCUT2D eigenvalue weighted by atomic mass is 9.96. The van der Waals surface area contributed by atoms with E-state index >= 15 is 0 Å². The van der Waals surface area contributed by atoms with Crippen LogP contribution >= 0.6 is 34.8 Å². The molecule has 1 aliphatic carbocycles. The number of nitrogens with zero attached hydrogens (tertiary/aromatic N) is 1. The van der Waals surface area contributed by atoms with Crippen LogP contribution in [0.5, 0.6) is 5.75 Å². The Morgan fingerprint density at radius 1 is 1.00 bits per heavy atom. The Bertz CT molecular complexity index is 1020. The van der Waals surface area contributed by atoms with E-state index in [0.717, 1.165) is 35.1 Å². The molecule has 28 heavy (non-hydrogen) atoms. The number of hydrogen-bond donors (Lipinski definition) is 0. The monoisotopic (exact) mass is 433 g/mol. The van der Waals surface area contributed by atoms with E-state index in [1.54, 1.807) is 25.4 Å². The zero-order valence-corrected chi connectivity index (χ0v) is 17.5. The summed E-state index contributed by atoms with van der Waals surface area (Å²) in [5.74, 6) is 0.644. The highest BCUT2D eigenvalue weighted by Gasteiger charge is 2.47. The Balaban J connectivity index is 1.69. The molecule has 3 nitrogen and oxygen atoms in total. The summed E-state index contributed by atoms with van der Waals surface area (Å²) < 4.78 is 11.9. The standard InChI is InChI=1S/C22H18Cl3NO2/c1-27-21-17(3-2-4-20(21)25)16-7-10-26-12-18(16)22(8-9-22)28-13-14-11-15(23)5-6-19(14)24/h2-7,10-12H,8-9,13H2,1H3. The highest BCUT2D eigenvalue weighted by Crippen LogP contribution is 2.53. The number of aromatic nitrogens is 1. The highest BCUT2D eigenvalue weighted by atomic mass is 35.5. The number of methoxy groups -OCH3 is 1. The minimum absolute atomic E-state index is 0.375. The topological polar surface area (TPSA) is 31.4 Å². The van der Waals surface area contributed by atoms with Crippen LogP contribution in [0.1, 0.15) is 24.0 Å². The van der Waals surface area contributed by atoms with Gasteiger partial charge in [-0.3, -0.25) is 4.98 Å².